The van der Waals surface area contributed by atoms with Crippen LogP contribution < -0.4 is 15.0 Å². The minimum absolute atomic E-state index is 0.0289. The summed E-state index contributed by atoms with van der Waals surface area (Å²) < 4.78 is 18.9. The predicted octanol–water partition coefficient (Wildman–Crippen LogP) is 2.29. The van der Waals surface area contributed by atoms with Crippen LogP contribution in [0.15, 0.2) is 43.4 Å². The molecule has 2 aliphatic heterocycles. The number of hydrogen-bond acceptors (Lipinski definition) is 8. The van der Waals surface area contributed by atoms with E-state index in [0.717, 1.165) is 12.2 Å². The zero-order valence-electron chi connectivity index (χ0n) is 16.8. The van der Waals surface area contributed by atoms with Gasteiger partial charge in [0.2, 0.25) is 11.8 Å². The standard InChI is InChI=1S/C21H20FN7O2/c1-3-18(30)29-10-13-7-14(29)9-28(13)17-5-4-16-19(27-17)20(25-11-24-16)26-12-6-15(22)21(31-2)23-8-12/h3-6,8,11,13-14H,1,7,9-10H2,2H3,(H,24,25,26)/t13-,14-/m0/s1. The highest BCUT2D eigenvalue weighted by atomic mass is 19.1. The summed E-state index contributed by atoms with van der Waals surface area (Å²) in [6.07, 6.45) is 5.16. The minimum atomic E-state index is -0.578. The average Bonchev–Trinajstić information content (AvgIpc) is 3.40. The molecule has 0 aliphatic carbocycles. The van der Waals surface area contributed by atoms with Gasteiger partial charge in [0.15, 0.2) is 11.6 Å². The largest absolute Gasteiger partial charge is 0.479 e. The molecule has 2 fully saturated rings. The summed E-state index contributed by atoms with van der Waals surface area (Å²) in [6.45, 7) is 4.96. The van der Waals surface area contributed by atoms with Crippen molar-refractivity contribution >= 4 is 34.3 Å². The van der Waals surface area contributed by atoms with Gasteiger partial charge in [-0.05, 0) is 24.6 Å². The Morgan fingerprint density at radius 1 is 1.29 bits per heavy atom. The van der Waals surface area contributed by atoms with Crippen LogP contribution in [0.2, 0.25) is 0 Å². The maximum Gasteiger partial charge on any atom is 0.250 e. The van der Waals surface area contributed by atoms with Gasteiger partial charge in [-0.3, -0.25) is 4.79 Å². The van der Waals surface area contributed by atoms with E-state index in [-0.39, 0.29) is 23.9 Å². The smallest absolute Gasteiger partial charge is 0.250 e. The number of rotatable bonds is 5. The number of pyridine rings is 2. The van der Waals surface area contributed by atoms with E-state index >= 15 is 0 Å². The van der Waals surface area contributed by atoms with Gasteiger partial charge in [-0.2, -0.15) is 0 Å². The lowest BCUT2D eigenvalue weighted by atomic mass is 10.2. The van der Waals surface area contributed by atoms with Crippen LogP contribution in [0.4, 0.5) is 21.7 Å². The van der Waals surface area contributed by atoms with Crippen molar-refractivity contribution < 1.29 is 13.9 Å². The molecule has 1 N–H and O–H groups in total. The first-order chi connectivity index (χ1) is 15.1. The van der Waals surface area contributed by atoms with Crippen molar-refractivity contribution in [1.82, 2.24) is 24.8 Å². The molecule has 0 spiro atoms. The summed E-state index contributed by atoms with van der Waals surface area (Å²) >= 11 is 0. The molecule has 1 amide bonds. The summed E-state index contributed by atoms with van der Waals surface area (Å²) in [4.78, 5) is 33.4. The maximum atomic E-state index is 14.0. The Morgan fingerprint density at radius 3 is 2.87 bits per heavy atom. The number of nitrogens with one attached hydrogen (secondary N) is 1. The summed E-state index contributed by atoms with van der Waals surface area (Å²) in [5.74, 6) is 0.560. The van der Waals surface area contributed by atoms with Crippen LogP contribution >= 0.6 is 0 Å². The van der Waals surface area contributed by atoms with Crippen LogP contribution in [0.3, 0.4) is 0 Å². The molecule has 9 nitrogen and oxygen atoms in total. The van der Waals surface area contributed by atoms with Crippen molar-refractivity contribution in [3.8, 4) is 5.88 Å². The molecule has 2 aliphatic rings. The molecule has 5 rings (SSSR count). The molecule has 0 unspecified atom stereocenters. The van der Waals surface area contributed by atoms with E-state index in [0.29, 0.717) is 35.6 Å². The lowest BCUT2D eigenvalue weighted by Crippen LogP contribution is -2.48. The number of methoxy groups -OCH3 is 1. The highest BCUT2D eigenvalue weighted by Crippen LogP contribution is 2.35. The number of amides is 1. The van der Waals surface area contributed by atoms with Gasteiger partial charge in [-0.25, -0.2) is 24.3 Å². The molecular formula is C21H20FN7O2. The Morgan fingerprint density at radius 2 is 2.16 bits per heavy atom. The van der Waals surface area contributed by atoms with E-state index in [9.17, 15) is 9.18 Å². The van der Waals surface area contributed by atoms with Crippen LogP contribution in [-0.4, -0.2) is 63.0 Å². The van der Waals surface area contributed by atoms with Crippen molar-refractivity contribution in [2.75, 3.05) is 30.4 Å². The van der Waals surface area contributed by atoms with Crippen LogP contribution in [0.5, 0.6) is 5.88 Å². The molecule has 158 valence electrons. The first kappa shape index (κ1) is 19.2. The Labute approximate surface area is 177 Å². The lowest BCUT2D eigenvalue weighted by Gasteiger charge is -2.34. The van der Waals surface area contributed by atoms with Gasteiger partial charge in [0.25, 0.3) is 0 Å². The van der Waals surface area contributed by atoms with Crippen LogP contribution in [0.1, 0.15) is 6.42 Å². The fourth-order valence-corrected chi connectivity index (χ4v) is 4.30. The number of piperazine rings is 1. The molecule has 2 bridgehead atoms. The maximum absolute atomic E-state index is 14.0. The first-order valence-corrected chi connectivity index (χ1v) is 9.85. The van der Waals surface area contributed by atoms with Crippen molar-refractivity contribution in [3.63, 3.8) is 0 Å². The SMILES string of the molecule is C=CC(=O)N1C[C@@H]2C[C@H]1CN2c1ccc2ncnc(Nc3cnc(OC)c(F)c3)c2n1. The molecule has 2 atom stereocenters. The molecule has 0 radical (unpaired) electrons. The monoisotopic (exact) mass is 421 g/mol. The fourth-order valence-electron chi connectivity index (χ4n) is 4.30. The van der Waals surface area contributed by atoms with E-state index in [1.54, 1.807) is 0 Å². The van der Waals surface area contributed by atoms with Gasteiger partial charge in [-0.15, -0.1) is 0 Å². The molecule has 10 heteroatoms. The van der Waals surface area contributed by atoms with Crippen molar-refractivity contribution in [2.45, 2.75) is 18.5 Å². The number of carbonyl (C=O) groups excluding carboxylic acids is 1. The van der Waals surface area contributed by atoms with E-state index in [1.807, 2.05) is 17.0 Å². The molecule has 2 saturated heterocycles. The first-order valence-electron chi connectivity index (χ1n) is 9.85. The topological polar surface area (TPSA) is 96.4 Å². The Kier molecular flexibility index (Phi) is 4.61. The number of carbonyl (C=O) groups is 1. The zero-order valence-corrected chi connectivity index (χ0v) is 16.8. The quantitative estimate of drug-likeness (QED) is 0.627. The third kappa shape index (κ3) is 3.29. The predicted molar refractivity (Wildman–Crippen MR) is 113 cm³/mol. The van der Waals surface area contributed by atoms with Gasteiger partial charge in [0.05, 0.1) is 36.6 Å². The van der Waals surface area contributed by atoms with Crippen LogP contribution in [0.25, 0.3) is 11.0 Å². The van der Waals surface area contributed by atoms with Crippen LogP contribution in [0, 0.1) is 5.82 Å². The molecule has 3 aromatic heterocycles. The van der Waals surface area contributed by atoms with E-state index in [2.05, 4.69) is 31.7 Å². The fraction of sp³-hybridized carbons (Fsp3) is 0.286. The number of nitrogens with zero attached hydrogens (tertiary/aromatic N) is 6. The summed E-state index contributed by atoms with van der Waals surface area (Å²) in [7, 11) is 1.36. The second-order valence-corrected chi connectivity index (χ2v) is 7.49. The number of likely N-dealkylation sites (tertiary alicyclic amines) is 1. The second kappa shape index (κ2) is 7.46. The molecule has 0 aromatic carbocycles. The molecule has 31 heavy (non-hydrogen) atoms. The van der Waals surface area contributed by atoms with Gasteiger partial charge < -0.3 is 19.9 Å². The second-order valence-electron chi connectivity index (χ2n) is 7.49. The van der Waals surface area contributed by atoms with E-state index in [4.69, 9.17) is 9.72 Å². The molecule has 3 aromatic rings. The van der Waals surface area contributed by atoms with E-state index in [1.165, 1.54) is 31.8 Å². The number of anilines is 3. The summed E-state index contributed by atoms with van der Waals surface area (Å²) in [5, 5.41) is 3.07. The molecule has 0 saturated carbocycles. The zero-order chi connectivity index (χ0) is 21.5. The number of fused-ring (bicyclic) bond motifs is 3. The normalized spacial score (nSPS) is 19.7. The highest BCUT2D eigenvalue weighted by Gasteiger charge is 2.45. The minimum Gasteiger partial charge on any atom is -0.479 e. The third-order valence-corrected chi connectivity index (χ3v) is 5.72. The average molecular weight is 421 g/mol. The Hall–Kier alpha value is -3.82. The number of aromatic nitrogens is 4. The lowest BCUT2D eigenvalue weighted by molar-refractivity contribution is -0.127. The van der Waals surface area contributed by atoms with Crippen molar-refractivity contribution in [3.05, 3.63) is 49.2 Å². The molecule has 5 heterocycles. The third-order valence-electron chi connectivity index (χ3n) is 5.72. The number of ether oxygens (including phenoxy) is 1. The van der Waals surface area contributed by atoms with Crippen molar-refractivity contribution in [2.24, 2.45) is 0 Å². The number of hydrogen-bond donors (Lipinski definition) is 1. The Bertz CT molecular complexity index is 1190. The van der Waals surface area contributed by atoms with Gasteiger partial charge in [-0.1, -0.05) is 6.58 Å². The van der Waals surface area contributed by atoms with Gasteiger partial charge >= 0.3 is 0 Å². The highest BCUT2D eigenvalue weighted by molar-refractivity contribution is 5.89. The number of halogens is 1. The summed E-state index contributed by atoms with van der Waals surface area (Å²) in [6, 6.07) is 5.46. The van der Waals surface area contributed by atoms with Crippen LogP contribution in [-0.2, 0) is 4.79 Å². The van der Waals surface area contributed by atoms with E-state index < -0.39 is 5.82 Å². The summed E-state index contributed by atoms with van der Waals surface area (Å²) in [5.41, 5.74) is 1.65. The van der Waals surface area contributed by atoms with Gasteiger partial charge in [0, 0.05) is 19.2 Å². The Balaban J connectivity index is 1.43. The molecular weight excluding hydrogens is 401 g/mol. The van der Waals surface area contributed by atoms with Crippen molar-refractivity contribution in [1.29, 1.82) is 0 Å². The van der Waals surface area contributed by atoms with Gasteiger partial charge in [0.1, 0.15) is 17.7 Å².